The summed E-state index contributed by atoms with van der Waals surface area (Å²) in [6.45, 7) is 0. The van der Waals surface area contributed by atoms with E-state index < -0.39 is 31.6 Å². The average Bonchev–Trinajstić information content (AvgIpc) is 2.72. The van der Waals surface area contributed by atoms with Crippen molar-refractivity contribution in [3.8, 4) is 16.9 Å². The Hall–Kier alpha value is -3.37. The normalized spacial score (nSPS) is 11.7. The Balaban J connectivity index is 1.93. The highest BCUT2D eigenvalue weighted by molar-refractivity contribution is 7.92. The minimum atomic E-state index is -4.03. The number of benzene rings is 3. The first-order valence-electron chi connectivity index (χ1n) is 8.86. The maximum atomic E-state index is 12.8. The molecule has 0 radical (unpaired) electrons. The number of hydrogen-bond donors (Lipinski definition) is 2. The lowest BCUT2D eigenvalue weighted by Gasteiger charge is -2.11. The van der Waals surface area contributed by atoms with E-state index in [1.54, 1.807) is 18.2 Å². The van der Waals surface area contributed by atoms with Gasteiger partial charge in [-0.2, -0.15) is 0 Å². The van der Waals surface area contributed by atoms with Crippen LogP contribution in [0, 0.1) is 0 Å². The third kappa shape index (κ3) is 5.04. The molecule has 0 saturated carbocycles. The molecule has 3 aromatic rings. The Morgan fingerprint density at radius 2 is 1.45 bits per heavy atom. The second-order valence-corrected chi connectivity index (χ2v) is 10.4. The van der Waals surface area contributed by atoms with Gasteiger partial charge in [-0.15, -0.1) is 0 Å². The lowest BCUT2D eigenvalue weighted by molar-refractivity contribution is 0.0597. The first kappa shape index (κ1) is 22.3. The van der Waals surface area contributed by atoms with E-state index >= 15 is 0 Å². The van der Waals surface area contributed by atoms with Crippen molar-refractivity contribution < 1.29 is 31.5 Å². The van der Waals surface area contributed by atoms with Crippen molar-refractivity contribution in [3.63, 3.8) is 0 Å². The highest BCUT2D eigenvalue weighted by Gasteiger charge is 2.18. The summed E-state index contributed by atoms with van der Waals surface area (Å²) in [5.41, 5.74) is 1.00. The molecule has 2 N–H and O–H groups in total. The summed E-state index contributed by atoms with van der Waals surface area (Å²) >= 11 is 0. The summed E-state index contributed by atoms with van der Waals surface area (Å²) in [7, 11) is -6.29. The van der Waals surface area contributed by atoms with Crippen molar-refractivity contribution >= 4 is 31.5 Å². The van der Waals surface area contributed by atoms with Gasteiger partial charge in [0.1, 0.15) is 11.3 Å². The summed E-state index contributed by atoms with van der Waals surface area (Å²) in [5, 5.41) is 9.96. The number of rotatable bonds is 6. The van der Waals surface area contributed by atoms with E-state index in [1.165, 1.54) is 42.5 Å². The molecular formula is C21H19NO7S2. The van der Waals surface area contributed by atoms with Crippen molar-refractivity contribution in [2.75, 3.05) is 18.1 Å². The van der Waals surface area contributed by atoms with Crippen LogP contribution in [-0.2, 0) is 24.6 Å². The van der Waals surface area contributed by atoms with Gasteiger partial charge in [0.25, 0.3) is 10.0 Å². The number of sulfonamides is 1. The van der Waals surface area contributed by atoms with E-state index in [0.29, 0.717) is 11.1 Å². The molecule has 31 heavy (non-hydrogen) atoms. The van der Waals surface area contributed by atoms with Gasteiger partial charge in [-0.25, -0.2) is 21.6 Å². The number of esters is 1. The molecule has 0 heterocycles. The van der Waals surface area contributed by atoms with Crippen molar-refractivity contribution in [3.05, 3.63) is 72.3 Å². The van der Waals surface area contributed by atoms with Crippen LogP contribution in [0.4, 0.5) is 5.69 Å². The zero-order chi connectivity index (χ0) is 22.8. The van der Waals surface area contributed by atoms with Crippen molar-refractivity contribution in [1.82, 2.24) is 0 Å². The molecule has 3 aromatic carbocycles. The maximum absolute atomic E-state index is 12.8. The van der Waals surface area contributed by atoms with Crippen LogP contribution in [0.25, 0.3) is 11.1 Å². The molecule has 8 nitrogen and oxygen atoms in total. The molecular weight excluding hydrogens is 442 g/mol. The number of anilines is 1. The number of carbonyl (C=O) groups is 1. The molecule has 0 aliphatic rings. The van der Waals surface area contributed by atoms with Gasteiger partial charge in [0.15, 0.2) is 9.84 Å². The van der Waals surface area contributed by atoms with Crippen LogP contribution in [0.1, 0.15) is 10.4 Å². The van der Waals surface area contributed by atoms with Crippen LogP contribution in [0.3, 0.4) is 0 Å². The lowest BCUT2D eigenvalue weighted by atomic mass is 10.1. The standard InChI is InChI=1S/C21H19NO7S2/c1-29-21(24)19-10-9-16(13-20(19)23)22-31(27,28)18-8-4-6-15(12-18)14-5-3-7-17(11-14)30(2,25)26/h3-13,22-23H,1-2H3. The molecule has 10 heteroatoms. The van der Waals surface area contributed by atoms with E-state index in [-0.39, 0.29) is 21.0 Å². The van der Waals surface area contributed by atoms with Crippen molar-refractivity contribution in [2.45, 2.75) is 9.79 Å². The zero-order valence-corrected chi connectivity index (χ0v) is 18.2. The van der Waals surface area contributed by atoms with E-state index in [1.807, 2.05) is 0 Å². The largest absolute Gasteiger partial charge is 0.507 e. The van der Waals surface area contributed by atoms with Gasteiger partial charge in [0.05, 0.1) is 22.6 Å². The number of carbonyl (C=O) groups excluding carboxylic acids is 1. The Morgan fingerprint density at radius 3 is 2.00 bits per heavy atom. The van der Waals surface area contributed by atoms with Crippen LogP contribution in [0.5, 0.6) is 5.75 Å². The molecule has 0 atom stereocenters. The number of sulfone groups is 1. The Labute approximate surface area is 180 Å². The van der Waals surface area contributed by atoms with Crippen molar-refractivity contribution in [2.24, 2.45) is 0 Å². The molecule has 0 aliphatic heterocycles. The van der Waals surface area contributed by atoms with E-state index in [9.17, 15) is 26.7 Å². The second kappa shape index (κ2) is 8.40. The number of phenols is 1. The van der Waals surface area contributed by atoms with Crippen LogP contribution >= 0.6 is 0 Å². The number of aromatic hydroxyl groups is 1. The van der Waals surface area contributed by atoms with Gasteiger partial charge in [-0.3, -0.25) is 4.72 Å². The fraction of sp³-hybridized carbons (Fsp3) is 0.0952. The summed E-state index contributed by atoms with van der Waals surface area (Å²) in [5.74, 6) is -1.19. The monoisotopic (exact) mass is 461 g/mol. The first-order chi connectivity index (χ1) is 14.5. The number of methoxy groups -OCH3 is 1. The minimum absolute atomic E-state index is 0.0506. The first-order valence-corrected chi connectivity index (χ1v) is 12.2. The topological polar surface area (TPSA) is 127 Å². The van der Waals surface area contributed by atoms with Crippen LogP contribution < -0.4 is 4.72 Å². The van der Waals surface area contributed by atoms with E-state index in [2.05, 4.69) is 9.46 Å². The number of nitrogens with one attached hydrogen (secondary N) is 1. The second-order valence-electron chi connectivity index (χ2n) is 6.66. The molecule has 3 rings (SSSR count). The van der Waals surface area contributed by atoms with E-state index in [4.69, 9.17) is 0 Å². The molecule has 0 amide bonds. The fourth-order valence-electron chi connectivity index (χ4n) is 2.84. The van der Waals surface area contributed by atoms with Gasteiger partial charge in [-0.05, 0) is 47.5 Å². The zero-order valence-electron chi connectivity index (χ0n) is 16.6. The molecule has 0 aliphatic carbocycles. The smallest absolute Gasteiger partial charge is 0.341 e. The predicted molar refractivity (Wildman–Crippen MR) is 115 cm³/mol. The lowest BCUT2D eigenvalue weighted by Crippen LogP contribution is -2.13. The van der Waals surface area contributed by atoms with Gasteiger partial charge in [0.2, 0.25) is 0 Å². The molecule has 0 saturated heterocycles. The average molecular weight is 462 g/mol. The predicted octanol–water partition coefficient (Wildman–Crippen LogP) is 3.05. The van der Waals surface area contributed by atoms with Crippen LogP contribution in [0.2, 0.25) is 0 Å². The van der Waals surface area contributed by atoms with Crippen molar-refractivity contribution in [1.29, 1.82) is 0 Å². The highest BCUT2D eigenvalue weighted by Crippen LogP contribution is 2.28. The number of ether oxygens (including phenoxy) is 1. The van der Waals surface area contributed by atoms with Gasteiger partial charge < -0.3 is 9.84 Å². The van der Waals surface area contributed by atoms with Crippen LogP contribution in [-0.4, -0.2) is 41.3 Å². The molecule has 0 unspecified atom stereocenters. The van der Waals surface area contributed by atoms with Gasteiger partial charge >= 0.3 is 5.97 Å². The van der Waals surface area contributed by atoms with Crippen LogP contribution in [0.15, 0.2) is 76.5 Å². The molecule has 0 spiro atoms. The fourth-order valence-corrected chi connectivity index (χ4v) is 4.60. The molecule has 0 fully saturated rings. The van der Waals surface area contributed by atoms with E-state index in [0.717, 1.165) is 19.4 Å². The molecule has 162 valence electrons. The number of phenolic OH excluding ortho intramolecular Hbond substituents is 1. The third-order valence-electron chi connectivity index (χ3n) is 4.40. The maximum Gasteiger partial charge on any atom is 0.341 e. The summed E-state index contributed by atoms with van der Waals surface area (Å²) in [6.07, 6.45) is 1.10. The van der Waals surface area contributed by atoms with Gasteiger partial charge in [0, 0.05) is 12.3 Å². The Bertz CT molecular complexity index is 1360. The summed E-state index contributed by atoms with van der Waals surface area (Å²) in [4.78, 5) is 11.6. The SMILES string of the molecule is COC(=O)c1ccc(NS(=O)(=O)c2cccc(-c3cccc(S(C)(=O)=O)c3)c2)cc1O. The highest BCUT2D eigenvalue weighted by atomic mass is 32.2. The Kier molecular flexibility index (Phi) is 6.05. The minimum Gasteiger partial charge on any atom is -0.507 e. The Morgan fingerprint density at radius 1 is 0.871 bits per heavy atom. The van der Waals surface area contributed by atoms with Gasteiger partial charge in [-0.1, -0.05) is 24.3 Å². The summed E-state index contributed by atoms with van der Waals surface area (Å²) < 4.78 is 56.1. The molecule has 0 aromatic heterocycles. The molecule has 0 bridgehead atoms. The quantitative estimate of drug-likeness (QED) is 0.540. The summed E-state index contributed by atoms with van der Waals surface area (Å²) in [6, 6.07) is 15.9. The number of hydrogen-bond acceptors (Lipinski definition) is 7. The third-order valence-corrected chi connectivity index (χ3v) is 6.88.